The number of methoxy groups -OCH3 is 1. The molecule has 6 heteroatoms. The lowest BCUT2D eigenvalue weighted by atomic mass is 9.88. The van der Waals surface area contributed by atoms with Gasteiger partial charge in [0.05, 0.1) is 18.4 Å². The summed E-state index contributed by atoms with van der Waals surface area (Å²) < 4.78 is 16.5. The highest BCUT2D eigenvalue weighted by molar-refractivity contribution is 5.95. The molecule has 0 radical (unpaired) electrons. The molecule has 1 N–H and O–H groups in total. The van der Waals surface area contributed by atoms with Crippen LogP contribution < -0.4 is 14.8 Å². The molecule has 4 rings (SSSR count). The maximum atomic E-state index is 12.8. The zero-order chi connectivity index (χ0) is 21.1. The van der Waals surface area contributed by atoms with Gasteiger partial charge in [-0.3, -0.25) is 4.79 Å². The van der Waals surface area contributed by atoms with Crippen molar-refractivity contribution in [3.05, 3.63) is 76.2 Å². The van der Waals surface area contributed by atoms with Crippen molar-refractivity contribution in [2.75, 3.05) is 7.11 Å². The van der Waals surface area contributed by atoms with Gasteiger partial charge in [-0.1, -0.05) is 29.4 Å². The number of carbonyl (C=O) groups is 1. The Morgan fingerprint density at radius 3 is 2.70 bits per heavy atom. The fourth-order valence-electron chi connectivity index (χ4n) is 3.88. The average Bonchev–Trinajstić information content (AvgIpc) is 3.09. The van der Waals surface area contributed by atoms with Gasteiger partial charge in [0.1, 0.15) is 12.4 Å². The van der Waals surface area contributed by atoms with Crippen LogP contribution in [-0.4, -0.2) is 24.2 Å². The highest BCUT2D eigenvalue weighted by atomic mass is 16.5. The van der Waals surface area contributed by atoms with E-state index in [1.807, 2.05) is 13.8 Å². The first-order valence-electron chi connectivity index (χ1n) is 10.2. The molecule has 6 nitrogen and oxygen atoms in total. The third-order valence-corrected chi connectivity index (χ3v) is 5.66. The monoisotopic (exact) mass is 406 g/mol. The van der Waals surface area contributed by atoms with Crippen molar-refractivity contribution in [2.45, 2.75) is 45.8 Å². The smallest absolute Gasteiger partial charge is 0.251 e. The minimum absolute atomic E-state index is 0.102. The third-order valence-electron chi connectivity index (χ3n) is 5.66. The molecule has 0 bridgehead atoms. The first kappa shape index (κ1) is 20.0. The molecule has 0 fully saturated rings. The molecule has 0 saturated carbocycles. The van der Waals surface area contributed by atoms with Gasteiger partial charge in [-0.15, -0.1) is 0 Å². The number of ether oxygens (including phenoxy) is 2. The standard InChI is InChI=1S/C24H26N2O4/c1-15-21(16(2)30-26-15)14-29-22-11-9-19(13-23(22)28-3)24(27)25-20-10-8-17-6-4-5-7-18(17)12-20/h4-7,9,11,13,20H,8,10,12,14H2,1-3H3,(H,25,27). The Morgan fingerprint density at radius 2 is 1.97 bits per heavy atom. The fraction of sp³-hybridized carbons (Fsp3) is 0.333. The van der Waals surface area contributed by atoms with E-state index in [0.29, 0.717) is 23.7 Å². The van der Waals surface area contributed by atoms with E-state index < -0.39 is 0 Å². The van der Waals surface area contributed by atoms with E-state index in [2.05, 4.69) is 34.7 Å². The van der Waals surface area contributed by atoms with Gasteiger partial charge in [0.15, 0.2) is 11.5 Å². The Labute approximate surface area is 176 Å². The van der Waals surface area contributed by atoms with Crippen LogP contribution in [0.5, 0.6) is 11.5 Å². The zero-order valence-corrected chi connectivity index (χ0v) is 17.5. The Morgan fingerprint density at radius 1 is 1.17 bits per heavy atom. The van der Waals surface area contributed by atoms with E-state index in [1.54, 1.807) is 25.3 Å². The summed E-state index contributed by atoms with van der Waals surface area (Å²) in [6.07, 6.45) is 2.79. The molecule has 0 saturated heterocycles. The fourth-order valence-corrected chi connectivity index (χ4v) is 3.88. The number of nitrogens with zero attached hydrogens (tertiary/aromatic N) is 1. The minimum Gasteiger partial charge on any atom is -0.493 e. The van der Waals surface area contributed by atoms with E-state index in [-0.39, 0.29) is 11.9 Å². The van der Waals surface area contributed by atoms with Crippen LogP contribution in [0, 0.1) is 13.8 Å². The Bertz CT molecular complexity index is 1040. The molecule has 2 aromatic carbocycles. The van der Waals surface area contributed by atoms with Crippen molar-refractivity contribution in [1.29, 1.82) is 0 Å². The summed E-state index contributed by atoms with van der Waals surface area (Å²) in [5.41, 5.74) is 4.96. The van der Waals surface area contributed by atoms with Crippen LogP contribution in [0.3, 0.4) is 0 Å². The number of hydrogen-bond acceptors (Lipinski definition) is 5. The summed E-state index contributed by atoms with van der Waals surface area (Å²) in [4.78, 5) is 12.8. The van der Waals surface area contributed by atoms with Gasteiger partial charge in [-0.2, -0.15) is 0 Å². The first-order chi connectivity index (χ1) is 14.5. The van der Waals surface area contributed by atoms with Crippen LogP contribution in [0.2, 0.25) is 0 Å². The Hall–Kier alpha value is -3.28. The second kappa shape index (κ2) is 8.61. The SMILES string of the molecule is COc1cc(C(=O)NC2CCc3ccccc3C2)ccc1OCc1c(C)noc1C. The topological polar surface area (TPSA) is 73.6 Å². The molecule has 0 aliphatic heterocycles. The van der Waals surface area contributed by atoms with Crippen molar-refractivity contribution < 1.29 is 18.8 Å². The summed E-state index contributed by atoms with van der Waals surface area (Å²) >= 11 is 0. The van der Waals surface area contributed by atoms with Crippen LogP contribution in [-0.2, 0) is 19.4 Å². The van der Waals surface area contributed by atoms with Gasteiger partial charge < -0.3 is 19.3 Å². The average molecular weight is 406 g/mol. The van der Waals surface area contributed by atoms with Gasteiger partial charge in [0.2, 0.25) is 0 Å². The summed E-state index contributed by atoms with van der Waals surface area (Å²) in [6.45, 7) is 4.06. The lowest BCUT2D eigenvalue weighted by Crippen LogP contribution is -2.38. The molecule has 1 amide bonds. The summed E-state index contributed by atoms with van der Waals surface area (Å²) in [7, 11) is 1.57. The summed E-state index contributed by atoms with van der Waals surface area (Å²) in [5.74, 6) is 1.72. The molecule has 1 aromatic heterocycles. The maximum absolute atomic E-state index is 12.8. The van der Waals surface area contributed by atoms with Gasteiger partial charge in [-0.05, 0) is 62.4 Å². The normalized spacial score (nSPS) is 15.4. The van der Waals surface area contributed by atoms with E-state index in [0.717, 1.165) is 36.3 Å². The van der Waals surface area contributed by atoms with Crippen molar-refractivity contribution in [2.24, 2.45) is 0 Å². The highest BCUT2D eigenvalue weighted by Crippen LogP contribution is 2.30. The largest absolute Gasteiger partial charge is 0.493 e. The Kier molecular flexibility index (Phi) is 5.74. The van der Waals surface area contributed by atoms with Gasteiger partial charge >= 0.3 is 0 Å². The van der Waals surface area contributed by atoms with Crippen molar-refractivity contribution in [1.82, 2.24) is 10.5 Å². The maximum Gasteiger partial charge on any atom is 0.251 e. The predicted octanol–water partition coefficient (Wildman–Crippen LogP) is 4.17. The number of aryl methyl sites for hydroxylation is 3. The molecule has 30 heavy (non-hydrogen) atoms. The number of hydrogen-bond donors (Lipinski definition) is 1. The van der Waals surface area contributed by atoms with Crippen LogP contribution in [0.25, 0.3) is 0 Å². The van der Waals surface area contributed by atoms with Crippen molar-refractivity contribution in [3.8, 4) is 11.5 Å². The number of benzene rings is 2. The summed E-state index contributed by atoms with van der Waals surface area (Å²) in [5, 5.41) is 7.10. The van der Waals surface area contributed by atoms with Crippen molar-refractivity contribution in [3.63, 3.8) is 0 Å². The van der Waals surface area contributed by atoms with Gasteiger partial charge in [0, 0.05) is 11.6 Å². The molecule has 1 aliphatic carbocycles. The second-order valence-corrected chi connectivity index (χ2v) is 7.64. The van der Waals surface area contributed by atoms with Crippen LogP contribution >= 0.6 is 0 Å². The quantitative estimate of drug-likeness (QED) is 0.665. The van der Waals surface area contributed by atoms with Crippen LogP contribution in [0.15, 0.2) is 47.0 Å². The molecule has 1 atom stereocenters. The minimum atomic E-state index is -0.102. The lowest BCUT2D eigenvalue weighted by molar-refractivity contribution is 0.0933. The number of aromatic nitrogens is 1. The van der Waals surface area contributed by atoms with Gasteiger partial charge in [0.25, 0.3) is 5.91 Å². The highest BCUT2D eigenvalue weighted by Gasteiger charge is 2.21. The van der Waals surface area contributed by atoms with E-state index in [9.17, 15) is 4.79 Å². The van der Waals surface area contributed by atoms with E-state index in [4.69, 9.17) is 14.0 Å². The van der Waals surface area contributed by atoms with E-state index >= 15 is 0 Å². The Balaban J connectivity index is 1.42. The molecule has 0 spiro atoms. The number of fused-ring (bicyclic) bond motifs is 1. The molecule has 3 aromatic rings. The predicted molar refractivity (Wildman–Crippen MR) is 113 cm³/mol. The third kappa shape index (κ3) is 4.17. The van der Waals surface area contributed by atoms with Crippen LogP contribution in [0.1, 0.15) is 44.9 Å². The molecular weight excluding hydrogens is 380 g/mol. The number of rotatable bonds is 6. The van der Waals surface area contributed by atoms with Crippen molar-refractivity contribution >= 4 is 5.91 Å². The molecule has 1 heterocycles. The molecule has 1 unspecified atom stereocenters. The molecule has 156 valence electrons. The lowest BCUT2D eigenvalue weighted by Gasteiger charge is -2.25. The second-order valence-electron chi connectivity index (χ2n) is 7.64. The number of nitrogens with one attached hydrogen (secondary N) is 1. The van der Waals surface area contributed by atoms with E-state index in [1.165, 1.54) is 11.1 Å². The summed E-state index contributed by atoms with van der Waals surface area (Å²) in [6, 6.07) is 13.8. The zero-order valence-electron chi connectivity index (χ0n) is 17.5. The first-order valence-corrected chi connectivity index (χ1v) is 10.2. The van der Waals surface area contributed by atoms with Crippen LogP contribution in [0.4, 0.5) is 0 Å². The number of carbonyl (C=O) groups excluding carboxylic acids is 1. The van der Waals surface area contributed by atoms with Gasteiger partial charge in [-0.25, -0.2) is 0 Å². The molecular formula is C24H26N2O4. The number of amides is 1. The molecule has 1 aliphatic rings.